The number of hydrogen-bond acceptors (Lipinski definition) is 4. The van der Waals surface area contributed by atoms with Crippen LogP contribution in [-0.2, 0) is 26.6 Å². The van der Waals surface area contributed by atoms with E-state index >= 15 is 0 Å². The minimum Gasteiger partial charge on any atom is -0.467 e. The highest BCUT2D eigenvalue weighted by atomic mass is 16.3. The predicted octanol–water partition coefficient (Wildman–Crippen LogP) is 2.53. The van der Waals surface area contributed by atoms with Crippen LogP contribution in [0.25, 0.3) is 0 Å². The summed E-state index contributed by atoms with van der Waals surface area (Å²) >= 11 is 0. The van der Waals surface area contributed by atoms with Gasteiger partial charge in [0.1, 0.15) is 5.76 Å². The van der Waals surface area contributed by atoms with Crippen molar-refractivity contribution in [3.05, 3.63) is 71.3 Å². The number of carbonyl (C=O) groups is 2. The van der Waals surface area contributed by atoms with E-state index in [0.717, 1.165) is 11.3 Å². The Labute approximate surface area is 162 Å². The lowest BCUT2D eigenvalue weighted by atomic mass is 10.1. The van der Waals surface area contributed by atoms with E-state index in [1.807, 2.05) is 31.3 Å². The fourth-order valence-electron chi connectivity index (χ4n) is 3.32. The maximum absolute atomic E-state index is 12.5. The Balaban J connectivity index is 1.46. The molecule has 8 heteroatoms. The zero-order valence-electron chi connectivity index (χ0n) is 15.5. The van der Waals surface area contributed by atoms with Crippen LogP contribution in [0.15, 0.2) is 53.1 Å². The van der Waals surface area contributed by atoms with E-state index in [4.69, 9.17) is 4.42 Å². The molecule has 8 nitrogen and oxygen atoms in total. The van der Waals surface area contributed by atoms with Crippen molar-refractivity contribution in [1.82, 2.24) is 20.0 Å². The average Bonchev–Trinajstić information content (AvgIpc) is 3.35. The molecule has 4 rings (SSSR count). The lowest BCUT2D eigenvalue weighted by Gasteiger charge is -2.27. The van der Waals surface area contributed by atoms with E-state index in [9.17, 15) is 9.59 Å². The Kier molecular flexibility index (Phi) is 4.84. The number of amides is 3. The van der Waals surface area contributed by atoms with Gasteiger partial charge in [-0.05, 0) is 24.3 Å². The molecule has 0 saturated carbocycles. The fourth-order valence-corrected chi connectivity index (χ4v) is 3.32. The van der Waals surface area contributed by atoms with E-state index in [0.29, 0.717) is 43.2 Å². The average molecular weight is 379 g/mol. The van der Waals surface area contributed by atoms with Crippen LogP contribution in [0.2, 0.25) is 0 Å². The van der Waals surface area contributed by atoms with Crippen LogP contribution >= 0.6 is 0 Å². The quantitative estimate of drug-likeness (QED) is 0.729. The normalized spacial score (nSPS) is 13.1. The third kappa shape index (κ3) is 3.62. The summed E-state index contributed by atoms with van der Waals surface area (Å²) in [5.41, 5.74) is 2.45. The second kappa shape index (κ2) is 7.59. The number of carbonyl (C=O) groups excluding carboxylic acids is 2. The van der Waals surface area contributed by atoms with E-state index in [1.54, 1.807) is 34.0 Å². The van der Waals surface area contributed by atoms with Gasteiger partial charge in [-0.15, -0.1) is 0 Å². The summed E-state index contributed by atoms with van der Waals surface area (Å²) in [5.74, 6) is 0.971. The number of nitrogens with zero attached hydrogens (tertiary/aromatic N) is 3. The van der Waals surface area contributed by atoms with Crippen molar-refractivity contribution in [2.24, 2.45) is 7.05 Å². The highest BCUT2D eigenvalue weighted by molar-refractivity contribution is 6.04. The number of hydrogen-bond donors (Lipinski definition) is 2. The van der Waals surface area contributed by atoms with Gasteiger partial charge < -0.3 is 20.0 Å². The van der Waals surface area contributed by atoms with Crippen LogP contribution < -0.4 is 10.6 Å². The number of aryl methyl sites for hydroxylation is 1. The number of rotatable bonds is 4. The maximum Gasteiger partial charge on any atom is 0.318 e. The van der Waals surface area contributed by atoms with E-state index in [-0.39, 0.29) is 11.9 Å². The van der Waals surface area contributed by atoms with Crippen molar-refractivity contribution in [3.63, 3.8) is 0 Å². The summed E-state index contributed by atoms with van der Waals surface area (Å²) < 4.78 is 7.01. The number of fused-ring (bicyclic) bond motifs is 1. The second-order valence-corrected chi connectivity index (χ2v) is 6.63. The molecule has 0 unspecified atom stereocenters. The summed E-state index contributed by atoms with van der Waals surface area (Å²) in [6.07, 6.45) is 2.25. The first-order chi connectivity index (χ1) is 13.6. The van der Waals surface area contributed by atoms with Gasteiger partial charge in [-0.2, -0.15) is 5.10 Å². The van der Waals surface area contributed by atoms with Gasteiger partial charge in [0.05, 0.1) is 19.4 Å². The first-order valence-corrected chi connectivity index (χ1v) is 9.08. The van der Waals surface area contributed by atoms with E-state index in [1.165, 1.54) is 0 Å². The molecule has 2 aromatic heterocycles. The molecular weight excluding hydrogens is 358 g/mol. The first-order valence-electron chi connectivity index (χ1n) is 9.08. The zero-order valence-corrected chi connectivity index (χ0v) is 15.5. The van der Waals surface area contributed by atoms with Gasteiger partial charge in [0.2, 0.25) is 0 Å². The largest absolute Gasteiger partial charge is 0.467 e. The first kappa shape index (κ1) is 17.8. The minimum atomic E-state index is -0.221. The van der Waals surface area contributed by atoms with Crippen LogP contribution in [-0.4, -0.2) is 33.2 Å². The smallest absolute Gasteiger partial charge is 0.318 e. The number of benzene rings is 1. The molecule has 1 aliphatic rings. The monoisotopic (exact) mass is 379 g/mol. The molecule has 0 aliphatic carbocycles. The van der Waals surface area contributed by atoms with Gasteiger partial charge in [-0.3, -0.25) is 9.48 Å². The lowest BCUT2D eigenvalue weighted by molar-refractivity contribution is 0.102. The second-order valence-electron chi connectivity index (χ2n) is 6.63. The summed E-state index contributed by atoms with van der Waals surface area (Å²) in [7, 11) is 1.85. The molecular formula is C20H21N5O3. The molecule has 0 radical (unpaired) electrons. The Bertz CT molecular complexity index is 979. The van der Waals surface area contributed by atoms with Gasteiger partial charge in [0.25, 0.3) is 5.91 Å². The minimum absolute atomic E-state index is 0.175. The van der Waals surface area contributed by atoms with Crippen LogP contribution in [0.4, 0.5) is 10.6 Å². The molecule has 0 atom stereocenters. The number of urea groups is 1. The number of aromatic nitrogens is 2. The Morgan fingerprint density at radius 3 is 2.75 bits per heavy atom. The van der Waals surface area contributed by atoms with E-state index < -0.39 is 0 Å². The summed E-state index contributed by atoms with van der Waals surface area (Å²) in [4.78, 5) is 26.7. The molecule has 0 spiro atoms. The molecule has 0 bridgehead atoms. The van der Waals surface area contributed by atoms with Crippen molar-refractivity contribution in [2.75, 3.05) is 11.9 Å². The highest BCUT2D eigenvalue weighted by Gasteiger charge is 2.27. The third-order valence-corrected chi connectivity index (χ3v) is 4.79. The predicted molar refractivity (Wildman–Crippen MR) is 103 cm³/mol. The number of nitrogens with one attached hydrogen (secondary N) is 2. The molecule has 28 heavy (non-hydrogen) atoms. The molecule has 3 amide bonds. The molecule has 1 aromatic carbocycles. The van der Waals surface area contributed by atoms with E-state index in [2.05, 4.69) is 15.7 Å². The Morgan fingerprint density at radius 2 is 2.00 bits per heavy atom. The zero-order chi connectivity index (χ0) is 19.5. The Hall–Kier alpha value is -3.55. The van der Waals surface area contributed by atoms with Crippen molar-refractivity contribution in [3.8, 4) is 0 Å². The molecule has 144 valence electrons. The summed E-state index contributed by atoms with van der Waals surface area (Å²) in [6.45, 7) is 1.31. The Morgan fingerprint density at radius 1 is 1.18 bits per heavy atom. The molecule has 3 heterocycles. The number of furan rings is 1. The standard InChI is InChI=1S/C20H21N5O3/c1-24-17-9-10-25(20(27)21-12-15-8-5-11-28-15)13-16(17)18(23-24)22-19(26)14-6-3-2-4-7-14/h2-8,11H,9-10,12-13H2,1H3,(H,21,27)(H,22,23,26). The van der Waals surface area contributed by atoms with Crippen molar-refractivity contribution < 1.29 is 14.0 Å². The SMILES string of the molecule is Cn1nc(NC(=O)c2ccccc2)c2c1CCN(C(=O)NCc1ccco1)C2. The van der Waals surface area contributed by atoms with Gasteiger partial charge in [-0.1, -0.05) is 18.2 Å². The lowest BCUT2D eigenvalue weighted by Crippen LogP contribution is -2.42. The molecule has 2 N–H and O–H groups in total. The topological polar surface area (TPSA) is 92.4 Å². The van der Waals surface area contributed by atoms with Gasteiger partial charge in [-0.25, -0.2) is 4.79 Å². The summed E-state index contributed by atoms with van der Waals surface area (Å²) in [6, 6.07) is 12.4. The van der Waals surface area contributed by atoms with Crippen LogP contribution in [0.1, 0.15) is 27.4 Å². The fraction of sp³-hybridized carbons (Fsp3) is 0.250. The van der Waals surface area contributed by atoms with Gasteiger partial charge in [0, 0.05) is 36.8 Å². The molecule has 1 aliphatic heterocycles. The molecule has 0 fully saturated rings. The van der Waals surface area contributed by atoms with Crippen LogP contribution in [0, 0.1) is 0 Å². The van der Waals surface area contributed by atoms with Gasteiger partial charge in [0.15, 0.2) is 5.82 Å². The van der Waals surface area contributed by atoms with Crippen molar-refractivity contribution >= 4 is 17.8 Å². The highest BCUT2D eigenvalue weighted by Crippen LogP contribution is 2.26. The third-order valence-electron chi connectivity index (χ3n) is 4.79. The van der Waals surface area contributed by atoms with Crippen molar-refractivity contribution in [1.29, 1.82) is 0 Å². The van der Waals surface area contributed by atoms with Crippen LogP contribution in [0.5, 0.6) is 0 Å². The molecule has 0 saturated heterocycles. The van der Waals surface area contributed by atoms with Crippen molar-refractivity contribution in [2.45, 2.75) is 19.5 Å². The molecule has 3 aromatic rings. The van der Waals surface area contributed by atoms with Crippen LogP contribution in [0.3, 0.4) is 0 Å². The van der Waals surface area contributed by atoms with Gasteiger partial charge >= 0.3 is 6.03 Å². The summed E-state index contributed by atoms with van der Waals surface area (Å²) in [5, 5.41) is 10.2. The maximum atomic E-state index is 12.5. The number of anilines is 1.